The Morgan fingerprint density at radius 3 is 2.12 bits per heavy atom. The smallest absolute Gasteiger partial charge is 0.336 e. The molecule has 0 aromatic heterocycles. The van der Waals surface area contributed by atoms with Crippen molar-refractivity contribution in [3.8, 4) is 0 Å². The summed E-state index contributed by atoms with van der Waals surface area (Å²) in [4.78, 5) is 22.2. The van der Waals surface area contributed by atoms with Crippen molar-refractivity contribution in [1.82, 2.24) is 4.72 Å². The van der Waals surface area contributed by atoms with Crippen LogP contribution in [0.4, 0.5) is 0 Å². The number of nitrogens with one attached hydrogen (secondary N) is 1. The lowest BCUT2D eigenvalue weighted by Crippen LogP contribution is -2.30. The Morgan fingerprint density at radius 2 is 1.69 bits per heavy atom. The molecular formula is C9H9NO5S. The van der Waals surface area contributed by atoms with Crippen molar-refractivity contribution in [1.29, 1.82) is 0 Å². The number of sulfonamides is 1. The number of carbonyl (C=O) groups excluding carboxylic acids is 1. The molecule has 0 unspecified atom stereocenters. The van der Waals surface area contributed by atoms with E-state index in [2.05, 4.69) is 0 Å². The molecule has 1 aromatic rings. The van der Waals surface area contributed by atoms with Crippen molar-refractivity contribution >= 4 is 21.9 Å². The Kier molecular flexibility index (Phi) is 3.28. The molecule has 0 aliphatic carbocycles. The maximum Gasteiger partial charge on any atom is 0.336 e. The quantitative estimate of drug-likeness (QED) is 0.782. The number of carboxylic acids is 1. The van der Waals surface area contributed by atoms with E-state index < -0.39 is 21.9 Å². The van der Waals surface area contributed by atoms with Gasteiger partial charge in [-0.05, 0) is 12.1 Å². The third-order valence-electron chi connectivity index (χ3n) is 1.68. The molecule has 0 aliphatic heterocycles. The van der Waals surface area contributed by atoms with Gasteiger partial charge in [-0.25, -0.2) is 17.9 Å². The second-order valence-corrected chi connectivity index (χ2v) is 4.80. The third kappa shape index (κ3) is 3.06. The Balaban J connectivity index is 3.14. The largest absolute Gasteiger partial charge is 0.478 e. The van der Waals surface area contributed by atoms with Crippen LogP contribution in [0.1, 0.15) is 20.7 Å². The van der Waals surface area contributed by atoms with Gasteiger partial charge in [0, 0.05) is 0 Å². The number of carbonyl (C=O) groups is 2. The predicted molar refractivity (Wildman–Crippen MR) is 55.7 cm³/mol. The fourth-order valence-corrected chi connectivity index (χ4v) is 1.54. The van der Waals surface area contributed by atoms with E-state index in [1.165, 1.54) is 24.3 Å². The van der Waals surface area contributed by atoms with Crippen LogP contribution in [0.3, 0.4) is 0 Å². The topological polar surface area (TPSA) is 101 Å². The summed E-state index contributed by atoms with van der Waals surface area (Å²) in [7, 11) is -3.71. The van der Waals surface area contributed by atoms with Crippen LogP contribution in [-0.4, -0.2) is 31.7 Å². The zero-order valence-electron chi connectivity index (χ0n) is 8.30. The zero-order chi connectivity index (χ0) is 12.3. The second-order valence-electron chi connectivity index (χ2n) is 3.05. The summed E-state index contributed by atoms with van der Waals surface area (Å²) >= 11 is 0. The second kappa shape index (κ2) is 4.31. The SMILES string of the molecule is CS(=O)(=O)NC(=O)c1ccccc1C(=O)O. The number of hydrogen-bond donors (Lipinski definition) is 2. The summed E-state index contributed by atoms with van der Waals surface area (Å²) in [5, 5.41) is 8.78. The van der Waals surface area contributed by atoms with Crippen LogP contribution in [0.25, 0.3) is 0 Å². The standard InChI is InChI=1S/C9H9NO5S/c1-16(14,15)10-8(11)6-4-2-3-5-7(6)9(12)13/h2-5H,1H3,(H,10,11)(H,12,13). The molecule has 6 nitrogen and oxygen atoms in total. The first-order chi connectivity index (χ1) is 7.31. The highest BCUT2D eigenvalue weighted by atomic mass is 32.2. The lowest BCUT2D eigenvalue weighted by Gasteiger charge is -2.05. The van der Waals surface area contributed by atoms with E-state index in [4.69, 9.17) is 5.11 Å². The molecule has 0 heterocycles. The van der Waals surface area contributed by atoms with Gasteiger partial charge in [0.25, 0.3) is 5.91 Å². The molecule has 0 saturated carbocycles. The molecule has 0 aliphatic rings. The fraction of sp³-hybridized carbons (Fsp3) is 0.111. The molecule has 0 radical (unpaired) electrons. The molecule has 7 heteroatoms. The van der Waals surface area contributed by atoms with Gasteiger partial charge < -0.3 is 5.11 Å². The Morgan fingerprint density at radius 1 is 1.19 bits per heavy atom. The summed E-state index contributed by atoms with van der Waals surface area (Å²) in [5.74, 6) is -2.25. The van der Waals surface area contributed by atoms with Crippen LogP contribution in [0.5, 0.6) is 0 Å². The molecule has 0 spiro atoms. The van der Waals surface area contributed by atoms with Crippen LogP contribution in [0.2, 0.25) is 0 Å². The van der Waals surface area contributed by atoms with Gasteiger partial charge in [0.2, 0.25) is 10.0 Å². The predicted octanol–water partition coefficient (Wildman–Crippen LogP) is 0.0742. The van der Waals surface area contributed by atoms with Crippen molar-refractivity contribution in [3.05, 3.63) is 35.4 Å². The summed E-state index contributed by atoms with van der Waals surface area (Å²) in [6.45, 7) is 0. The third-order valence-corrected chi connectivity index (χ3v) is 2.24. The number of carboxylic acid groups (broad SMARTS) is 1. The molecular weight excluding hydrogens is 234 g/mol. The number of benzene rings is 1. The molecule has 0 atom stereocenters. The normalized spacial score (nSPS) is 10.8. The molecule has 16 heavy (non-hydrogen) atoms. The first-order valence-electron chi connectivity index (χ1n) is 4.15. The first-order valence-corrected chi connectivity index (χ1v) is 6.05. The van der Waals surface area contributed by atoms with E-state index >= 15 is 0 Å². The van der Waals surface area contributed by atoms with Crippen molar-refractivity contribution in [2.45, 2.75) is 0 Å². The van der Waals surface area contributed by atoms with Gasteiger partial charge in [0.05, 0.1) is 17.4 Å². The van der Waals surface area contributed by atoms with Gasteiger partial charge in [-0.3, -0.25) is 4.79 Å². The number of amides is 1. The van der Waals surface area contributed by atoms with Crippen LogP contribution >= 0.6 is 0 Å². The van der Waals surface area contributed by atoms with Crippen molar-refractivity contribution < 1.29 is 23.1 Å². The minimum absolute atomic E-state index is 0.194. The zero-order valence-corrected chi connectivity index (χ0v) is 9.11. The average Bonchev–Trinajstić information content (AvgIpc) is 2.15. The molecule has 86 valence electrons. The minimum atomic E-state index is -3.71. The van der Waals surface area contributed by atoms with Gasteiger partial charge in [-0.1, -0.05) is 12.1 Å². The summed E-state index contributed by atoms with van der Waals surface area (Å²) in [5.41, 5.74) is -0.441. The van der Waals surface area contributed by atoms with Crippen LogP contribution in [0, 0.1) is 0 Å². The molecule has 1 amide bonds. The minimum Gasteiger partial charge on any atom is -0.478 e. The van der Waals surface area contributed by atoms with Gasteiger partial charge in [0.15, 0.2) is 0 Å². The van der Waals surface area contributed by atoms with Gasteiger partial charge in [0.1, 0.15) is 0 Å². The lowest BCUT2D eigenvalue weighted by atomic mass is 10.1. The number of hydrogen-bond acceptors (Lipinski definition) is 4. The molecule has 1 rings (SSSR count). The van der Waals surface area contributed by atoms with E-state index in [1.807, 2.05) is 0 Å². The highest BCUT2D eigenvalue weighted by molar-refractivity contribution is 7.89. The summed E-state index contributed by atoms with van der Waals surface area (Å²) < 4.78 is 23.3. The monoisotopic (exact) mass is 243 g/mol. The van der Waals surface area contributed by atoms with Crippen LogP contribution < -0.4 is 4.72 Å². The fourth-order valence-electron chi connectivity index (χ4n) is 1.09. The molecule has 0 fully saturated rings. The van der Waals surface area contributed by atoms with Gasteiger partial charge in [-0.15, -0.1) is 0 Å². The highest BCUT2D eigenvalue weighted by Crippen LogP contribution is 2.08. The van der Waals surface area contributed by atoms with Crippen LogP contribution in [-0.2, 0) is 10.0 Å². The van der Waals surface area contributed by atoms with Gasteiger partial charge >= 0.3 is 5.97 Å². The molecule has 2 N–H and O–H groups in total. The number of aromatic carboxylic acids is 1. The van der Waals surface area contributed by atoms with E-state index in [1.54, 1.807) is 4.72 Å². The molecule has 1 aromatic carbocycles. The Labute approximate surface area is 92.0 Å². The maximum absolute atomic E-state index is 11.4. The van der Waals surface area contributed by atoms with Crippen molar-refractivity contribution in [3.63, 3.8) is 0 Å². The van der Waals surface area contributed by atoms with Crippen molar-refractivity contribution in [2.75, 3.05) is 6.26 Å². The average molecular weight is 243 g/mol. The summed E-state index contributed by atoms with van der Waals surface area (Å²) in [6.07, 6.45) is 0.814. The Hall–Kier alpha value is -1.89. The van der Waals surface area contributed by atoms with Crippen LogP contribution in [0.15, 0.2) is 24.3 Å². The van der Waals surface area contributed by atoms with E-state index in [9.17, 15) is 18.0 Å². The molecule has 0 saturated heterocycles. The Bertz CT molecular complexity index is 535. The number of rotatable bonds is 3. The van der Waals surface area contributed by atoms with E-state index in [0.29, 0.717) is 0 Å². The van der Waals surface area contributed by atoms with Crippen molar-refractivity contribution in [2.24, 2.45) is 0 Å². The van der Waals surface area contributed by atoms with E-state index in [-0.39, 0.29) is 11.1 Å². The van der Waals surface area contributed by atoms with Gasteiger partial charge in [-0.2, -0.15) is 0 Å². The van der Waals surface area contributed by atoms with E-state index in [0.717, 1.165) is 6.26 Å². The first kappa shape index (κ1) is 12.2. The lowest BCUT2D eigenvalue weighted by molar-refractivity contribution is 0.0691. The maximum atomic E-state index is 11.4. The molecule has 0 bridgehead atoms. The highest BCUT2D eigenvalue weighted by Gasteiger charge is 2.17. The summed E-state index contributed by atoms with van der Waals surface area (Å²) in [6, 6.07) is 5.35.